The Hall–Kier alpha value is -3.64. The van der Waals surface area contributed by atoms with Crippen molar-refractivity contribution in [1.29, 1.82) is 0 Å². The molecule has 2 amide bonds. The van der Waals surface area contributed by atoms with Crippen molar-refractivity contribution in [3.8, 4) is 16.9 Å². The molecule has 36 heavy (non-hydrogen) atoms. The van der Waals surface area contributed by atoms with Gasteiger partial charge < -0.3 is 20.3 Å². The SMILES string of the molecule is COc1ccc(NC(=O)c2ccc(-c3cccc(NC(C)=O)c3)cc2)cc1C1CCN(C(C)C)CC1. The van der Waals surface area contributed by atoms with Crippen molar-refractivity contribution in [2.24, 2.45) is 0 Å². The summed E-state index contributed by atoms with van der Waals surface area (Å²) >= 11 is 0. The van der Waals surface area contributed by atoms with Crippen LogP contribution in [0.2, 0.25) is 0 Å². The second-order valence-corrected chi connectivity index (χ2v) is 9.65. The second-order valence-electron chi connectivity index (χ2n) is 9.65. The van der Waals surface area contributed by atoms with Crippen molar-refractivity contribution < 1.29 is 14.3 Å². The number of rotatable bonds is 7. The molecule has 0 radical (unpaired) electrons. The van der Waals surface area contributed by atoms with Crippen LogP contribution in [0.25, 0.3) is 11.1 Å². The summed E-state index contributed by atoms with van der Waals surface area (Å²) in [6.45, 7) is 8.12. The van der Waals surface area contributed by atoms with E-state index in [0.717, 1.165) is 59.7 Å². The molecule has 1 aliphatic heterocycles. The van der Waals surface area contributed by atoms with Gasteiger partial charge in [-0.05, 0) is 105 Å². The number of likely N-dealkylation sites (tertiary alicyclic amines) is 1. The Labute approximate surface area is 213 Å². The molecule has 0 spiro atoms. The fraction of sp³-hybridized carbons (Fsp3) is 0.333. The molecule has 0 atom stereocenters. The lowest BCUT2D eigenvalue weighted by Crippen LogP contribution is -2.37. The number of benzene rings is 3. The first-order chi connectivity index (χ1) is 17.3. The highest BCUT2D eigenvalue weighted by Crippen LogP contribution is 2.36. The highest BCUT2D eigenvalue weighted by atomic mass is 16.5. The molecule has 0 aliphatic carbocycles. The Morgan fingerprint density at radius 3 is 2.22 bits per heavy atom. The average molecular weight is 486 g/mol. The molecule has 0 saturated carbocycles. The van der Waals surface area contributed by atoms with Crippen LogP contribution < -0.4 is 15.4 Å². The van der Waals surface area contributed by atoms with Crippen LogP contribution in [0.5, 0.6) is 5.75 Å². The number of hydrogen-bond acceptors (Lipinski definition) is 4. The zero-order valence-corrected chi connectivity index (χ0v) is 21.5. The summed E-state index contributed by atoms with van der Waals surface area (Å²) in [5, 5.41) is 5.85. The normalized spacial score (nSPS) is 14.5. The van der Waals surface area contributed by atoms with E-state index in [2.05, 4.69) is 35.4 Å². The zero-order chi connectivity index (χ0) is 25.7. The van der Waals surface area contributed by atoms with Crippen LogP contribution in [-0.2, 0) is 4.79 Å². The molecule has 1 saturated heterocycles. The van der Waals surface area contributed by atoms with Crippen molar-refractivity contribution in [2.75, 3.05) is 30.8 Å². The summed E-state index contributed by atoms with van der Waals surface area (Å²) in [6.07, 6.45) is 2.16. The van der Waals surface area contributed by atoms with Gasteiger partial charge in [0.25, 0.3) is 5.91 Å². The van der Waals surface area contributed by atoms with Crippen molar-refractivity contribution in [3.05, 3.63) is 77.9 Å². The van der Waals surface area contributed by atoms with Gasteiger partial charge in [0, 0.05) is 29.9 Å². The van der Waals surface area contributed by atoms with E-state index in [4.69, 9.17) is 4.74 Å². The maximum atomic E-state index is 13.0. The predicted octanol–water partition coefficient (Wildman–Crippen LogP) is 6.16. The molecular weight excluding hydrogens is 450 g/mol. The highest BCUT2D eigenvalue weighted by molar-refractivity contribution is 6.04. The molecule has 1 heterocycles. The number of amides is 2. The maximum absolute atomic E-state index is 13.0. The minimum atomic E-state index is -0.153. The number of nitrogens with zero attached hydrogens (tertiary/aromatic N) is 1. The van der Waals surface area contributed by atoms with E-state index in [1.165, 1.54) is 6.92 Å². The van der Waals surface area contributed by atoms with Gasteiger partial charge in [-0.3, -0.25) is 9.59 Å². The lowest BCUT2D eigenvalue weighted by Gasteiger charge is -2.35. The molecule has 1 aliphatic rings. The topological polar surface area (TPSA) is 70.7 Å². The van der Waals surface area contributed by atoms with Gasteiger partial charge in [-0.1, -0.05) is 24.3 Å². The van der Waals surface area contributed by atoms with Crippen molar-refractivity contribution in [1.82, 2.24) is 4.90 Å². The van der Waals surface area contributed by atoms with Gasteiger partial charge >= 0.3 is 0 Å². The van der Waals surface area contributed by atoms with Gasteiger partial charge in [-0.2, -0.15) is 0 Å². The maximum Gasteiger partial charge on any atom is 0.255 e. The van der Waals surface area contributed by atoms with E-state index < -0.39 is 0 Å². The Morgan fingerprint density at radius 2 is 1.58 bits per heavy atom. The third-order valence-electron chi connectivity index (χ3n) is 6.85. The van der Waals surface area contributed by atoms with Gasteiger partial charge in [0.05, 0.1) is 7.11 Å². The fourth-order valence-corrected chi connectivity index (χ4v) is 4.86. The van der Waals surface area contributed by atoms with Crippen LogP contribution in [0.15, 0.2) is 66.7 Å². The molecule has 0 aromatic heterocycles. The molecule has 2 N–H and O–H groups in total. The molecule has 6 nitrogen and oxygen atoms in total. The molecule has 4 rings (SSSR count). The van der Waals surface area contributed by atoms with Crippen LogP contribution in [0.1, 0.15) is 55.5 Å². The number of methoxy groups -OCH3 is 1. The molecule has 1 fully saturated rings. The minimum absolute atomic E-state index is 0.109. The highest BCUT2D eigenvalue weighted by Gasteiger charge is 2.24. The van der Waals surface area contributed by atoms with E-state index >= 15 is 0 Å². The predicted molar refractivity (Wildman–Crippen MR) is 146 cm³/mol. The lowest BCUT2D eigenvalue weighted by atomic mass is 9.88. The number of anilines is 2. The largest absolute Gasteiger partial charge is 0.496 e. The summed E-state index contributed by atoms with van der Waals surface area (Å²) < 4.78 is 5.65. The van der Waals surface area contributed by atoms with Gasteiger partial charge in [-0.25, -0.2) is 0 Å². The van der Waals surface area contributed by atoms with Crippen LogP contribution in [-0.4, -0.2) is 43.0 Å². The van der Waals surface area contributed by atoms with E-state index in [0.29, 0.717) is 17.5 Å². The summed E-state index contributed by atoms with van der Waals surface area (Å²) in [7, 11) is 1.70. The summed E-state index contributed by atoms with van der Waals surface area (Å²) in [6, 6.07) is 21.6. The Bertz CT molecular complexity index is 1210. The summed E-state index contributed by atoms with van der Waals surface area (Å²) in [4.78, 5) is 26.9. The average Bonchev–Trinajstić information content (AvgIpc) is 2.88. The first-order valence-corrected chi connectivity index (χ1v) is 12.6. The van der Waals surface area contributed by atoms with Gasteiger partial charge in [0.2, 0.25) is 5.91 Å². The summed E-state index contributed by atoms with van der Waals surface area (Å²) in [5.41, 5.74) is 5.20. The van der Waals surface area contributed by atoms with Crippen LogP contribution in [0, 0.1) is 0 Å². The quantitative estimate of drug-likeness (QED) is 0.420. The number of carbonyl (C=O) groups excluding carboxylic acids is 2. The third kappa shape index (κ3) is 6.13. The van der Waals surface area contributed by atoms with Gasteiger partial charge in [0.15, 0.2) is 0 Å². The number of carbonyl (C=O) groups is 2. The number of piperidine rings is 1. The Balaban J connectivity index is 1.46. The monoisotopic (exact) mass is 485 g/mol. The molecule has 3 aromatic carbocycles. The van der Waals surface area contributed by atoms with Crippen molar-refractivity contribution >= 4 is 23.2 Å². The third-order valence-corrected chi connectivity index (χ3v) is 6.85. The summed E-state index contributed by atoms with van der Waals surface area (Å²) in [5.74, 6) is 1.03. The lowest BCUT2D eigenvalue weighted by molar-refractivity contribution is -0.114. The van der Waals surface area contributed by atoms with E-state index in [-0.39, 0.29) is 11.8 Å². The molecule has 0 unspecified atom stereocenters. The fourth-order valence-electron chi connectivity index (χ4n) is 4.86. The minimum Gasteiger partial charge on any atom is -0.496 e. The molecule has 188 valence electrons. The van der Waals surface area contributed by atoms with E-state index in [1.807, 2.05) is 60.7 Å². The van der Waals surface area contributed by atoms with Gasteiger partial charge in [0.1, 0.15) is 5.75 Å². The van der Waals surface area contributed by atoms with Crippen LogP contribution >= 0.6 is 0 Å². The van der Waals surface area contributed by atoms with Crippen LogP contribution in [0.4, 0.5) is 11.4 Å². The smallest absolute Gasteiger partial charge is 0.255 e. The van der Waals surface area contributed by atoms with Crippen LogP contribution in [0.3, 0.4) is 0 Å². The Morgan fingerprint density at radius 1 is 0.889 bits per heavy atom. The van der Waals surface area contributed by atoms with Crippen molar-refractivity contribution in [2.45, 2.75) is 45.6 Å². The second kappa shape index (κ2) is 11.4. The molecule has 6 heteroatoms. The number of hydrogen-bond donors (Lipinski definition) is 2. The van der Waals surface area contributed by atoms with Crippen molar-refractivity contribution in [3.63, 3.8) is 0 Å². The van der Waals surface area contributed by atoms with E-state index in [1.54, 1.807) is 7.11 Å². The first kappa shape index (κ1) is 25.5. The molecule has 0 bridgehead atoms. The first-order valence-electron chi connectivity index (χ1n) is 12.6. The Kier molecular flexibility index (Phi) is 8.06. The molecular formula is C30H35N3O3. The van der Waals surface area contributed by atoms with E-state index in [9.17, 15) is 9.59 Å². The standard InChI is InChI=1S/C30H35N3O3/c1-20(2)33-16-14-23(15-17-33)28-19-27(12-13-29(28)36-4)32-30(35)24-10-8-22(9-11-24)25-6-5-7-26(18-25)31-21(3)34/h5-13,18-20,23H,14-17H2,1-4H3,(H,31,34)(H,32,35). The zero-order valence-electron chi connectivity index (χ0n) is 21.5. The number of ether oxygens (including phenoxy) is 1. The number of nitrogens with one attached hydrogen (secondary N) is 2. The van der Waals surface area contributed by atoms with Gasteiger partial charge in [-0.15, -0.1) is 0 Å². The molecule has 3 aromatic rings.